The van der Waals surface area contributed by atoms with Crippen molar-refractivity contribution < 1.29 is 19.1 Å². The van der Waals surface area contributed by atoms with Crippen LogP contribution in [0.15, 0.2) is 34.7 Å². The number of fused-ring (bicyclic) bond motifs is 1. The molecule has 0 spiro atoms. The van der Waals surface area contributed by atoms with E-state index < -0.39 is 5.97 Å². The second-order valence-corrected chi connectivity index (χ2v) is 6.41. The lowest BCUT2D eigenvalue weighted by atomic mass is 9.86. The molecule has 128 valence electrons. The van der Waals surface area contributed by atoms with Gasteiger partial charge in [-0.25, -0.2) is 4.79 Å². The molecule has 0 unspecified atom stereocenters. The molecule has 3 N–H and O–H groups in total. The van der Waals surface area contributed by atoms with Gasteiger partial charge in [-0.3, -0.25) is 4.79 Å². The summed E-state index contributed by atoms with van der Waals surface area (Å²) in [5.41, 5.74) is 0.800. The number of aliphatic carboxylic acids is 1. The van der Waals surface area contributed by atoms with Crippen LogP contribution in [0.3, 0.4) is 0 Å². The predicted octanol–water partition coefficient (Wildman–Crippen LogP) is 3.44. The molecule has 24 heavy (non-hydrogen) atoms. The quantitative estimate of drug-likeness (QED) is 0.801. The zero-order valence-electron chi connectivity index (χ0n) is 13.6. The lowest BCUT2D eigenvalue weighted by Crippen LogP contribution is -2.44. The first-order valence-corrected chi connectivity index (χ1v) is 8.31. The summed E-state index contributed by atoms with van der Waals surface area (Å²) >= 11 is 0. The molecule has 2 aromatic rings. The molecule has 2 amide bonds. The minimum Gasteiger partial charge on any atom is -0.481 e. The fourth-order valence-electron chi connectivity index (χ4n) is 3.20. The summed E-state index contributed by atoms with van der Waals surface area (Å²) in [5.74, 6) is -0.307. The Hall–Kier alpha value is -2.50. The molecule has 6 heteroatoms. The Kier molecular flexibility index (Phi) is 4.74. The molecule has 1 heterocycles. The highest BCUT2D eigenvalue weighted by atomic mass is 16.4. The van der Waals surface area contributed by atoms with Crippen molar-refractivity contribution in [2.24, 2.45) is 5.92 Å². The fourth-order valence-corrected chi connectivity index (χ4v) is 3.20. The normalized spacial score (nSPS) is 22.0. The number of nitrogens with one attached hydrogen (secondary N) is 2. The number of benzene rings is 1. The van der Waals surface area contributed by atoms with Gasteiger partial charge in [-0.2, -0.15) is 0 Å². The minimum absolute atomic E-state index is 0.0310. The number of amides is 2. The number of carbonyl (C=O) groups excluding carboxylic acids is 1. The first kappa shape index (κ1) is 16.4. The Morgan fingerprint density at radius 1 is 1.21 bits per heavy atom. The zero-order chi connectivity index (χ0) is 17.1. The summed E-state index contributed by atoms with van der Waals surface area (Å²) in [5, 5.41) is 15.8. The largest absolute Gasteiger partial charge is 0.481 e. The van der Waals surface area contributed by atoms with Crippen LogP contribution in [-0.2, 0) is 4.79 Å². The van der Waals surface area contributed by atoms with Crippen molar-refractivity contribution in [3.8, 4) is 0 Å². The van der Waals surface area contributed by atoms with Crippen molar-refractivity contribution in [2.75, 3.05) is 0 Å². The van der Waals surface area contributed by atoms with Crippen molar-refractivity contribution in [1.29, 1.82) is 0 Å². The molecule has 0 saturated heterocycles. The van der Waals surface area contributed by atoms with Crippen molar-refractivity contribution in [1.82, 2.24) is 10.6 Å². The topological polar surface area (TPSA) is 91.6 Å². The number of carboxylic acid groups (broad SMARTS) is 1. The van der Waals surface area contributed by atoms with E-state index in [4.69, 9.17) is 9.52 Å². The standard InChI is InChI=1S/C18H22N2O4/c1-11(16-10-13-4-2-3-5-15(13)24-16)19-18(23)20-14-8-6-12(7-9-14)17(21)22/h2-5,10-12,14H,6-9H2,1H3,(H,21,22)(H2,19,20,23)/t11-,12?,14?/m1/s1. The van der Waals surface area contributed by atoms with Crippen LogP contribution >= 0.6 is 0 Å². The van der Waals surface area contributed by atoms with E-state index in [-0.39, 0.29) is 24.0 Å². The van der Waals surface area contributed by atoms with E-state index in [0.29, 0.717) is 31.4 Å². The van der Waals surface area contributed by atoms with Crippen LogP contribution in [-0.4, -0.2) is 23.1 Å². The van der Waals surface area contributed by atoms with E-state index in [1.54, 1.807) is 0 Å². The minimum atomic E-state index is -0.739. The number of carboxylic acids is 1. The Labute approximate surface area is 140 Å². The van der Waals surface area contributed by atoms with Crippen LogP contribution in [0.2, 0.25) is 0 Å². The third-order valence-corrected chi connectivity index (χ3v) is 4.63. The number of urea groups is 1. The van der Waals surface area contributed by atoms with Gasteiger partial charge in [0.1, 0.15) is 11.3 Å². The molecule has 1 saturated carbocycles. The highest BCUT2D eigenvalue weighted by molar-refractivity contribution is 5.78. The maximum atomic E-state index is 12.1. The first-order chi connectivity index (χ1) is 11.5. The monoisotopic (exact) mass is 330 g/mol. The Morgan fingerprint density at radius 2 is 1.92 bits per heavy atom. The molecule has 0 radical (unpaired) electrons. The van der Waals surface area contributed by atoms with Crippen LogP contribution in [0.25, 0.3) is 11.0 Å². The van der Waals surface area contributed by atoms with Gasteiger partial charge in [0, 0.05) is 11.4 Å². The van der Waals surface area contributed by atoms with Crippen molar-refractivity contribution >= 4 is 23.0 Å². The summed E-state index contributed by atoms with van der Waals surface area (Å²) in [7, 11) is 0. The second kappa shape index (κ2) is 6.95. The summed E-state index contributed by atoms with van der Waals surface area (Å²) in [6.07, 6.45) is 2.62. The molecular formula is C18H22N2O4. The number of furan rings is 1. The van der Waals surface area contributed by atoms with Crippen LogP contribution < -0.4 is 10.6 Å². The number of hydrogen-bond donors (Lipinski definition) is 3. The zero-order valence-corrected chi connectivity index (χ0v) is 13.6. The van der Waals surface area contributed by atoms with Gasteiger partial charge in [-0.05, 0) is 44.7 Å². The maximum absolute atomic E-state index is 12.1. The van der Waals surface area contributed by atoms with Crippen LogP contribution in [0, 0.1) is 5.92 Å². The van der Waals surface area contributed by atoms with Gasteiger partial charge in [-0.1, -0.05) is 18.2 Å². The summed E-state index contributed by atoms with van der Waals surface area (Å²) < 4.78 is 5.75. The van der Waals surface area contributed by atoms with E-state index in [1.165, 1.54) is 0 Å². The number of rotatable bonds is 4. The number of carbonyl (C=O) groups is 2. The summed E-state index contributed by atoms with van der Waals surface area (Å²) in [6.45, 7) is 1.87. The SMILES string of the molecule is C[C@@H](NC(=O)NC1CCC(C(=O)O)CC1)c1cc2ccccc2o1. The van der Waals surface area contributed by atoms with Gasteiger partial charge >= 0.3 is 12.0 Å². The third kappa shape index (κ3) is 3.69. The van der Waals surface area contributed by atoms with Gasteiger partial charge in [0.25, 0.3) is 0 Å². The van der Waals surface area contributed by atoms with E-state index in [2.05, 4.69) is 10.6 Å². The molecule has 3 rings (SSSR count). The molecule has 1 fully saturated rings. The van der Waals surface area contributed by atoms with Crippen LogP contribution in [0.4, 0.5) is 4.79 Å². The van der Waals surface area contributed by atoms with Gasteiger partial charge < -0.3 is 20.2 Å². The van der Waals surface area contributed by atoms with Crippen LogP contribution in [0.5, 0.6) is 0 Å². The molecule has 1 aromatic heterocycles. The van der Waals surface area contributed by atoms with E-state index in [1.807, 2.05) is 37.3 Å². The smallest absolute Gasteiger partial charge is 0.315 e. The molecule has 1 atom stereocenters. The number of para-hydroxylation sites is 1. The molecule has 1 aliphatic carbocycles. The van der Waals surface area contributed by atoms with Crippen LogP contribution in [0.1, 0.15) is 44.4 Å². The average Bonchev–Trinajstić information content (AvgIpc) is 2.99. The highest BCUT2D eigenvalue weighted by Gasteiger charge is 2.27. The van der Waals surface area contributed by atoms with Crippen molar-refractivity contribution in [2.45, 2.75) is 44.7 Å². The molecule has 1 aromatic carbocycles. The Morgan fingerprint density at radius 3 is 2.58 bits per heavy atom. The third-order valence-electron chi connectivity index (χ3n) is 4.63. The molecule has 1 aliphatic rings. The van der Waals surface area contributed by atoms with Crippen molar-refractivity contribution in [3.05, 3.63) is 36.1 Å². The predicted molar refractivity (Wildman–Crippen MR) is 89.7 cm³/mol. The fraction of sp³-hybridized carbons (Fsp3) is 0.444. The molecule has 6 nitrogen and oxygen atoms in total. The van der Waals surface area contributed by atoms with E-state index >= 15 is 0 Å². The van der Waals surface area contributed by atoms with Gasteiger partial charge in [0.2, 0.25) is 0 Å². The van der Waals surface area contributed by atoms with Gasteiger partial charge in [0.05, 0.1) is 12.0 Å². The highest BCUT2D eigenvalue weighted by Crippen LogP contribution is 2.25. The Balaban J connectivity index is 1.52. The van der Waals surface area contributed by atoms with E-state index in [0.717, 1.165) is 11.0 Å². The molecule has 0 bridgehead atoms. The second-order valence-electron chi connectivity index (χ2n) is 6.41. The summed E-state index contributed by atoms with van der Waals surface area (Å²) in [4.78, 5) is 23.1. The number of hydrogen-bond acceptors (Lipinski definition) is 3. The van der Waals surface area contributed by atoms with Gasteiger partial charge in [0.15, 0.2) is 0 Å². The lowest BCUT2D eigenvalue weighted by molar-refractivity contribution is -0.142. The van der Waals surface area contributed by atoms with Gasteiger partial charge in [-0.15, -0.1) is 0 Å². The van der Waals surface area contributed by atoms with Crippen molar-refractivity contribution in [3.63, 3.8) is 0 Å². The molecule has 0 aliphatic heterocycles. The average molecular weight is 330 g/mol. The summed E-state index contributed by atoms with van der Waals surface area (Å²) in [6, 6.07) is 9.19. The maximum Gasteiger partial charge on any atom is 0.315 e. The molecular weight excluding hydrogens is 308 g/mol. The van der Waals surface area contributed by atoms with E-state index in [9.17, 15) is 9.59 Å². The Bertz CT molecular complexity index is 698. The first-order valence-electron chi connectivity index (χ1n) is 8.31. The lowest BCUT2D eigenvalue weighted by Gasteiger charge is -2.27.